The third-order valence-electron chi connectivity index (χ3n) is 6.91. The van der Waals surface area contributed by atoms with Gasteiger partial charge in [-0.05, 0) is 86.3 Å². The Kier molecular flexibility index (Phi) is 6.16. The molecule has 0 saturated heterocycles. The molecule has 1 aromatic carbocycles. The van der Waals surface area contributed by atoms with Gasteiger partial charge in [0.05, 0.1) is 11.0 Å². The van der Waals surface area contributed by atoms with E-state index in [1.807, 2.05) is 0 Å². The molecule has 0 aromatic heterocycles. The van der Waals surface area contributed by atoms with Gasteiger partial charge in [0, 0.05) is 0 Å². The Morgan fingerprint density at radius 3 is 2.23 bits per heavy atom. The zero-order chi connectivity index (χ0) is 18.9. The van der Waals surface area contributed by atoms with Crippen LogP contribution in [0, 0.1) is 11.8 Å². The third kappa shape index (κ3) is 4.52. The molecule has 2 aliphatic rings. The van der Waals surface area contributed by atoms with Gasteiger partial charge < -0.3 is 0 Å². The van der Waals surface area contributed by atoms with Gasteiger partial charge in [0.25, 0.3) is 0 Å². The van der Waals surface area contributed by atoms with Gasteiger partial charge in [-0.15, -0.1) is 0 Å². The monoisotopic (exact) mass is 376 g/mol. The van der Waals surface area contributed by atoms with Crippen LogP contribution in [0.3, 0.4) is 0 Å². The second kappa shape index (κ2) is 8.04. The number of aryl methyl sites for hydroxylation is 1. The van der Waals surface area contributed by atoms with Crippen LogP contribution in [0.2, 0.25) is 0 Å². The molecule has 3 heteroatoms. The number of hydrogen-bond acceptors (Lipinski definition) is 2. The lowest BCUT2D eigenvalue weighted by molar-refractivity contribution is 0.278. The van der Waals surface area contributed by atoms with Crippen LogP contribution < -0.4 is 0 Å². The summed E-state index contributed by atoms with van der Waals surface area (Å²) in [5, 5.41) is -0.231. The molecule has 2 aliphatic carbocycles. The summed E-state index contributed by atoms with van der Waals surface area (Å²) in [7, 11) is -2.89. The Balaban J connectivity index is 1.48. The van der Waals surface area contributed by atoms with Gasteiger partial charge in [-0.25, -0.2) is 8.42 Å². The van der Waals surface area contributed by atoms with E-state index in [2.05, 4.69) is 32.0 Å². The van der Waals surface area contributed by atoms with Crippen molar-refractivity contribution in [3.05, 3.63) is 34.9 Å². The van der Waals surface area contributed by atoms with Gasteiger partial charge in [-0.1, -0.05) is 44.9 Å². The summed E-state index contributed by atoms with van der Waals surface area (Å²) in [6.45, 7) is 8.32. The summed E-state index contributed by atoms with van der Waals surface area (Å²) in [6, 6.07) is 7.17. The van der Waals surface area contributed by atoms with E-state index >= 15 is 0 Å². The maximum Gasteiger partial charge on any atom is 0.152 e. The fraction of sp³-hybridized carbons (Fsp3) is 0.739. The Morgan fingerprint density at radius 1 is 0.962 bits per heavy atom. The first-order valence-electron chi connectivity index (χ1n) is 10.6. The van der Waals surface area contributed by atoms with E-state index in [9.17, 15) is 8.42 Å². The molecule has 0 spiro atoms. The van der Waals surface area contributed by atoms with Gasteiger partial charge in [0.1, 0.15) is 0 Å². The topological polar surface area (TPSA) is 34.1 Å². The highest BCUT2D eigenvalue weighted by Crippen LogP contribution is 2.41. The van der Waals surface area contributed by atoms with Crippen LogP contribution in [0.15, 0.2) is 18.2 Å². The normalized spacial score (nSPS) is 29.1. The number of benzene rings is 1. The summed E-state index contributed by atoms with van der Waals surface area (Å²) in [6.07, 6.45) is 8.32. The number of hydrogen-bond donors (Lipinski definition) is 0. The van der Waals surface area contributed by atoms with Crippen molar-refractivity contribution >= 4 is 9.84 Å². The second-order valence-corrected chi connectivity index (χ2v) is 11.9. The van der Waals surface area contributed by atoms with Crippen molar-refractivity contribution in [1.29, 1.82) is 0 Å². The van der Waals surface area contributed by atoms with Crippen molar-refractivity contribution in [2.45, 2.75) is 89.7 Å². The predicted molar refractivity (Wildman–Crippen MR) is 111 cm³/mol. The second-order valence-electron chi connectivity index (χ2n) is 9.30. The van der Waals surface area contributed by atoms with Crippen LogP contribution in [0.5, 0.6) is 0 Å². The highest BCUT2D eigenvalue weighted by molar-refractivity contribution is 7.91. The van der Waals surface area contributed by atoms with Gasteiger partial charge in [0.15, 0.2) is 9.84 Å². The third-order valence-corrected chi connectivity index (χ3v) is 9.29. The van der Waals surface area contributed by atoms with E-state index in [1.54, 1.807) is 25.0 Å². The zero-order valence-corrected chi connectivity index (χ0v) is 17.8. The summed E-state index contributed by atoms with van der Waals surface area (Å²) < 4.78 is 24.3. The van der Waals surface area contributed by atoms with E-state index in [-0.39, 0.29) is 5.25 Å². The molecular weight excluding hydrogens is 340 g/mol. The molecule has 1 saturated carbocycles. The molecule has 2 atom stereocenters. The Morgan fingerprint density at radius 2 is 1.58 bits per heavy atom. The van der Waals surface area contributed by atoms with Crippen LogP contribution in [0.4, 0.5) is 0 Å². The molecule has 0 heterocycles. The van der Waals surface area contributed by atoms with Crippen molar-refractivity contribution < 1.29 is 8.42 Å². The van der Waals surface area contributed by atoms with Crippen molar-refractivity contribution in [2.75, 3.05) is 5.75 Å². The Hall–Kier alpha value is -0.830. The highest BCUT2D eigenvalue weighted by atomic mass is 32.2. The van der Waals surface area contributed by atoms with Crippen LogP contribution in [0.1, 0.15) is 94.7 Å². The Bertz CT molecular complexity index is 712. The fourth-order valence-electron chi connectivity index (χ4n) is 5.02. The predicted octanol–water partition coefficient (Wildman–Crippen LogP) is 5.86. The first-order chi connectivity index (χ1) is 12.3. The van der Waals surface area contributed by atoms with E-state index in [1.165, 1.54) is 37.7 Å². The number of fused-ring (bicyclic) bond motifs is 1. The maximum absolute atomic E-state index is 12.1. The molecule has 0 N–H and O–H groups in total. The van der Waals surface area contributed by atoms with E-state index in [4.69, 9.17) is 0 Å². The average Bonchev–Trinajstić information content (AvgIpc) is 2.88. The Labute approximate surface area is 160 Å². The minimum absolute atomic E-state index is 0.231. The summed E-state index contributed by atoms with van der Waals surface area (Å²) in [5.41, 5.74) is 4.64. The molecule has 0 aliphatic heterocycles. The van der Waals surface area contributed by atoms with Crippen molar-refractivity contribution in [2.24, 2.45) is 11.8 Å². The minimum atomic E-state index is -2.89. The van der Waals surface area contributed by atoms with Crippen molar-refractivity contribution in [3.8, 4) is 0 Å². The van der Waals surface area contributed by atoms with E-state index in [0.717, 1.165) is 18.8 Å². The lowest BCUT2D eigenvalue weighted by Gasteiger charge is -2.29. The largest absolute Gasteiger partial charge is 0.229 e. The molecule has 0 radical (unpaired) electrons. The number of sulfone groups is 1. The SMILES string of the molecule is CC1CC(C)c2cc(CCC3CCC(CS(=O)(=O)C(C)C)CC3)ccc21. The summed E-state index contributed by atoms with van der Waals surface area (Å²) in [5.74, 6) is 2.99. The molecule has 146 valence electrons. The van der Waals surface area contributed by atoms with E-state index in [0.29, 0.717) is 23.5 Å². The maximum atomic E-state index is 12.1. The van der Waals surface area contributed by atoms with Crippen molar-refractivity contribution in [3.63, 3.8) is 0 Å². The molecule has 2 nitrogen and oxygen atoms in total. The molecule has 1 fully saturated rings. The lowest BCUT2D eigenvalue weighted by Crippen LogP contribution is -2.26. The summed E-state index contributed by atoms with van der Waals surface area (Å²) in [4.78, 5) is 0. The zero-order valence-electron chi connectivity index (χ0n) is 17.0. The van der Waals surface area contributed by atoms with Gasteiger partial charge in [-0.3, -0.25) is 0 Å². The lowest BCUT2D eigenvalue weighted by atomic mass is 9.80. The minimum Gasteiger partial charge on any atom is -0.229 e. The summed E-state index contributed by atoms with van der Waals surface area (Å²) >= 11 is 0. The smallest absolute Gasteiger partial charge is 0.152 e. The van der Waals surface area contributed by atoms with Crippen LogP contribution in [0.25, 0.3) is 0 Å². The van der Waals surface area contributed by atoms with Crippen LogP contribution in [-0.4, -0.2) is 19.4 Å². The van der Waals surface area contributed by atoms with Crippen LogP contribution in [-0.2, 0) is 16.3 Å². The van der Waals surface area contributed by atoms with Crippen LogP contribution >= 0.6 is 0 Å². The van der Waals surface area contributed by atoms with Gasteiger partial charge in [0.2, 0.25) is 0 Å². The van der Waals surface area contributed by atoms with Crippen molar-refractivity contribution in [1.82, 2.24) is 0 Å². The molecule has 2 unspecified atom stereocenters. The molecular formula is C23H36O2S. The first-order valence-corrected chi connectivity index (χ1v) is 12.3. The molecule has 26 heavy (non-hydrogen) atoms. The molecule has 0 bridgehead atoms. The quantitative estimate of drug-likeness (QED) is 0.623. The van der Waals surface area contributed by atoms with Gasteiger partial charge >= 0.3 is 0 Å². The fourth-order valence-corrected chi connectivity index (χ4v) is 6.39. The highest BCUT2D eigenvalue weighted by Gasteiger charge is 2.28. The molecule has 1 aromatic rings. The van der Waals surface area contributed by atoms with E-state index < -0.39 is 9.84 Å². The average molecular weight is 377 g/mol. The standard InChI is InChI=1S/C23H36O2S/c1-16(2)26(24,25)15-21-9-6-19(7-10-21)5-8-20-11-12-22-17(3)13-18(4)23(22)14-20/h11-12,14,16-19,21H,5-10,13,15H2,1-4H3. The van der Waals surface area contributed by atoms with Gasteiger partial charge in [-0.2, -0.15) is 0 Å². The molecule has 3 rings (SSSR count). The first kappa shape index (κ1) is 19.9. The molecule has 0 amide bonds. The number of rotatable bonds is 6.